The number of hydrogen-bond acceptors (Lipinski definition) is 7. The van der Waals surface area contributed by atoms with E-state index in [-0.39, 0.29) is 6.61 Å². The van der Waals surface area contributed by atoms with Crippen LogP contribution in [0.1, 0.15) is 32.1 Å². The van der Waals surface area contributed by atoms with Crippen molar-refractivity contribution in [1.82, 2.24) is 10.2 Å². The normalized spacial score (nSPS) is 16.6. The molecule has 1 aliphatic carbocycles. The van der Waals surface area contributed by atoms with Gasteiger partial charge in [0.1, 0.15) is 12.4 Å². The molecule has 1 saturated carbocycles. The first kappa shape index (κ1) is 18.8. The van der Waals surface area contributed by atoms with Crippen LogP contribution in [0.5, 0.6) is 5.75 Å². The van der Waals surface area contributed by atoms with Gasteiger partial charge in [-0.2, -0.15) is 0 Å². The highest BCUT2D eigenvalue weighted by atomic mass is 35.5. The van der Waals surface area contributed by atoms with E-state index in [0.717, 1.165) is 9.47 Å². The minimum Gasteiger partial charge on any atom is -0.491 e. The molecule has 1 aromatic carbocycles. The molecular weight excluding hydrogens is 378 g/mol. The largest absolute Gasteiger partial charge is 0.491 e. The summed E-state index contributed by atoms with van der Waals surface area (Å²) >= 11 is 8.88. The smallest absolute Gasteiger partial charge is 0.206 e. The van der Waals surface area contributed by atoms with E-state index in [2.05, 4.69) is 15.5 Å². The van der Waals surface area contributed by atoms with Gasteiger partial charge in [-0.15, -0.1) is 10.2 Å². The Morgan fingerprint density at radius 1 is 1.24 bits per heavy atom. The molecule has 2 N–H and O–H groups in total. The Bertz CT molecular complexity index is 648. The molecule has 0 aliphatic heterocycles. The van der Waals surface area contributed by atoms with Crippen LogP contribution in [0, 0.1) is 0 Å². The van der Waals surface area contributed by atoms with Crippen LogP contribution in [0.25, 0.3) is 0 Å². The molecule has 1 atom stereocenters. The van der Waals surface area contributed by atoms with Gasteiger partial charge in [0.15, 0.2) is 4.34 Å². The SMILES string of the molecule is OC(COc1ccc(Cl)cc1)CSc1nnc(NC2CCCCC2)s1. The minimum absolute atomic E-state index is 0.237. The van der Waals surface area contributed by atoms with E-state index in [1.807, 2.05) is 0 Å². The van der Waals surface area contributed by atoms with Gasteiger partial charge in [-0.05, 0) is 37.1 Å². The summed E-state index contributed by atoms with van der Waals surface area (Å²) in [4.78, 5) is 0. The number of aromatic nitrogens is 2. The number of anilines is 1. The van der Waals surface area contributed by atoms with Gasteiger partial charge in [0.25, 0.3) is 0 Å². The lowest BCUT2D eigenvalue weighted by molar-refractivity contribution is 0.126. The van der Waals surface area contributed by atoms with Gasteiger partial charge in [-0.3, -0.25) is 0 Å². The first-order valence-corrected chi connectivity index (χ1v) is 10.7. The van der Waals surface area contributed by atoms with Crippen molar-refractivity contribution in [2.24, 2.45) is 0 Å². The summed E-state index contributed by atoms with van der Waals surface area (Å²) < 4.78 is 6.41. The molecule has 1 unspecified atom stereocenters. The first-order chi connectivity index (χ1) is 12.2. The molecule has 2 aromatic rings. The summed E-state index contributed by atoms with van der Waals surface area (Å²) in [6, 6.07) is 7.63. The Morgan fingerprint density at radius 2 is 2.00 bits per heavy atom. The second-order valence-electron chi connectivity index (χ2n) is 6.08. The predicted octanol–water partition coefficient (Wildman–Crippen LogP) is 4.47. The van der Waals surface area contributed by atoms with Crippen molar-refractivity contribution in [2.45, 2.75) is 48.6 Å². The number of hydrogen-bond donors (Lipinski definition) is 2. The molecule has 0 radical (unpaired) electrons. The van der Waals surface area contributed by atoms with Gasteiger partial charge in [-0.25, -0.2) is 0 Å². The molecule has 3 rings (SSSR count). The van der Waals surface area contributed by atoms with Gasteiger partial charge in [-0.1, -0.05) is 54.0 Å². The van der Waals surface area contributed by atoms with Crippen LogP contribution in [0.3, 0.4) is 0 Å². The van der Waals surface area contributed by atoms with Crippen LogP contribution in [0.4, 0.5) is 5.13 Å². The lowest BCUT2D eigenvalue weighted by atomic mass is 9.96. The average molecular weight is 400 g/mol. The van der Waals surface area contributed by atoms with Crippen LogP contribution < -0.4 is 10.1 Å². The molecule has 0 saturated heterocycles. The molecule has 8 heteroatoms. The van der Waals surface area contributed by atoms with Crippen molar-refractivity contribution in [3.8, 4) is 5.75 Å². The van der Waals surface area contributed by atoms with Crippen molar-refractivity contribution < 1.29 is 9.84 Å². The standard InChI is InChI=1S/C17H22ClN3O2S2/c18-12-6-8-15(9-7-12)23-10-14(22)11-24-17-21-20-16(25-17)19-13-4-2-1-3-5-13/h6-9,13-14,22H,1-5,10-11H2,(H,19,20). The van der Waals surface area contributed by atoms with Crippen LogP contribution >= 0.6 is 34.7 Å². The summed E-state index contributed by atoms with van der Waals surface area (Å²) in [7, 11) is 0. The molecule has 1 aromatic heterocycles. The molecule has 1 aliphatic rings. The number of rotatable bonds is 8. The monoisotopic (exact) mass is 399 g/mol. The maximum absolute atomic E-state index is 10.1. The van der Waals surface area contributed by atoms with Crippen molar-refractivity contribution in [3.05, 3.63) is 29.3 Å². The molecule has 1 heterocycles. The third-order valence-corrected chi connectivity index (χ3v) is 6.38. The Labute approximate surface area is 161 Å². The number of nitrogens with zero attached hydrogens (tertiary/aromatic N) is 2. The van der Waals surface area contributed by atoms with E-state index in [0.29, 0.717) is 22.6 Å². The highest BCUT2D eigenvalue weighted by Gasteiger charge is 2.16. The van der Waals surface area contributed by atoms with Crippen molar-refractivity contribution in [1.29, 1.82) is 0 Å². The highest BCUT2D eigenvalue weighted by molar-refractivity contribution is 8.01. The zero-order valence-corrected chi connectivity index (χ0v) is 16.2. The Morgan fingerprint density at radius 3 is 2.76 bits per heavy atom. The predicted molar refractivity (Wildman–Crippen MR) is 104 cm³/mol. The summed E-state index contributed by atoms with van der Waals surface area (Å²) in [5.41, 5.74) is 0. The average Bonchev–Trinajstić information content (AvgIpc) is 3.08. The second-order valence-corrected chi connectivity index (χ2v) is 8.76. The van der Waals surface area contributed by atoms with Crippen LogP contribution in [-0.4, -0.2) is 39.8 Å². The summed E-state index contributed by atoms with van der Waals surface area (Å²) in [5, 5.41) is 23.5. The molecular formula is C17H22ClN3O2S2. The summed E-state index contributed by atoms with van der Waals surface area (Å²) in [5.74, 6) is 1.22. The van der Waals surface area contributed by atoms with Gasteiger partial charge < -0.3 is 15.2 Å². The zero-order valence-electron chi connectivity index (χ0n) is 13.9. The summed E-state index contributed by atoms with van der Waals surface area (Å²) in [6.45, 7) is 0.237. The second kappa shape index (κ2) is 9.62. The molecule has 5 nitrogen and oxygen atoms in total. The van der Waals surface area contributed by atoms with Crippen LogP contribution in [0.2, 0.25) is 5.02 Å². The number of thioether (sulfide) groups is 1. The summed E-state index contributed by atoms with van der Waals surface area (Å²) in [6.07, 6.45) is 5.77. The van der Waals surface area contributed by atoms with E-state index in [9.17, 15) is 5.11 Å². The Hall–Kier alpha value is -1.02. The number of ether oxygens (including phenoxy) is 1. The van der Waals surface area contributed by atoms with Crippen molar-refractivity contribution in [2.75, 3.05) is 17.7 Å². The highest BCUT2D eigenvalue weighted by Crippen LogP contribution is 2.28. The fourth-order valence-corrected chi connectivity index (χ4v) is 4.57. The lowest BCUT2D eigenvalue weighted by Crippen LogP contribution is -2.21. The molecule has 0 amide bonds. The van der Waals surface area contributed by atoms with E-state index < -0.39 is 6.10 Å². The molecule has 0 bridgehead atoms. The molecule has 25 heavy (non-hydrogen) atoms. The Balaban J connectivity index is 1.38. The topological polar surface area (TPSA) is 67.3 Å². The fourth-order valence-electron chi connectivity index (χ4n) is 2.69. The quantitative estimate of drug-likeness (QED) is 0.638. The van der Waals surface area contributed by atoms with Crippen molar-refractivity contribution in [3.63, 3.8) is 0 Å². The van der Waals surface area contributed by atoms with Crippen LogP contribution in [-0.2, 0) is 0 Å². The number of benzene rings is 1. The number of aliphatic hydroxyl groups is 1. The molecule has 136 valence electrons. The van der Waals surface area contributed by atoms with Gasteiger partial charge in [0.05, 0.1) is 6.10 Å². The third-order valence-electron chi connectivity index (χ3n) is 3.99. The van der Waals surface area contributed by atoms with E-state index >= 15 is 0 Å². The van der Waals surface area contributed by atoms with Gasteiger partial charge >= 0.3 is 0 Å². The van der Waals surface area contributed by atoms with Crippen molar-refractivity contribution >= 4 is 39.8 Å². The maximum Gasteiger partial charge on any atom is 0.206 e. The molecule has 0 spiro atoms. The first-order valence-electron chi connectivity index (χ1n) is 8.48. The van der Waals surface area contributed by atoms with Gasteiger partial charge in [0.2, 0.25) is 5.13 Å². The number of halogens is 1. The van der Waals surface area contributed by atoms with Gasteiger partial charge in [0, 0.05) is 16.8 Å². The number of nitrogens with one attached hydrogen (secondary N) is 1. The fraction of sp³-hybridized carbons (Fsp3) is 0.529. The third kappa shape index (κ3) is 6.33. The zero-order chi connectivity index (χ0) is 17.5. The van der Waals surface area contributed by atoms with E-state index in [1.54, 1.807) is 35.6 Å². The molecule has 1 fully saturated rings. The Kier molecular flexibility index (Phi) is 7.22. The number of aliphatic hydroxyl groups excluding tert-OH is 1. The lowest BCUT2D eigenvalue weighted by Gasteiger charge is -2.21. The van der Waals surface area contributed by atoms with Crippen LogP contribution in [0.15, 0.2) is 28.6 Å². The minimum atomic E-state index is -0.570. The van der Waals surface area contributed by atoms with E-state index in [1.165, 1.54) is 43.9 Å². The van der Waals surface area contributed by atoms with E-state index in [4.69, 9.17) is 16.3 Å². The maximum atomic E-state index is 10.1.